The van der Waals surface area contributed by atoms with E-state index >= 15 is 4.39 Å². The molecule has 2 unspecified atom stereocenters. The molecule has 1 amide bonds. The normalized spacial score (nSPS) is 20.4. The summed E-state index contributed by atoms with van der Waals surface area (Å²) in [6.07, 6.45) is 4.88. The molecule has 1 N–H and O–H groups in total. The number of likely N-dealkylation sites (tertiary alicyclic amines) is 1. The molecule has 1 aliphatic rings. The van der Waals surface area contributed by atoms with E-state index in [-0.39, 0.29) is 29.4 Å². The number of piperidine rings is 1. The summed E-state index contributed by atoms with van der Waals surface area (Å²) < 4.78 is 31.8. The number of nitrogens with one attached hydrogen (secondary N) is 1. The van der Waals surface area contributed by atoms with Crippen LogP contribution in [0.1, 0.15) is 20.3 Å². The Labute approximate surface area is 205 Å². The molecule has 2 atom stereocenters. The van der Waals surface area contributed by atoms with Crippen LogP contribution in [-0.4, -0.2) is 55.4 Å². The molecule has 1 aromatic carbocycles. The third-order valence-electron chi connectivity index (χ3n) is 6.73. The van der Waals surface area contributed by atoms with Gasteiger partial charge in [-0.1, -0.05) is 12.6 Å². The summed E-state index contributed by atoms with van der Waals surface area (Å²) in [4.78, 5) is 37.1. The number of nitrogens with zero attached hydrogens (tertiary/aromatic N) is 5. The summed E-state index contributed by atoms with van der Waals surface area (Å²) in [6.45, 7) is 7.07. The third-order valence-corrected chi connectivity index (χ3v) is 6.73. The molecule has 36 heavy (non-hydrogen) atoms. The Hall–Kier alpha value is -4.21. The van der Waals surface area contributed by atoms with Crippen molar-refractivity contribution in [2.45, 2.75) is 25.9 Å². The van der Waals surface area contributed by atoms with Crippen LogP contribution in [0.15, 0.2) is 64.7 Å². The van der Waals surface area contributed by atoms with Gasteiger partial charge in [-0.2, -0.15) is 0 Å². The fourth-order valence-corrected chi connectivity index (χ4v) is 4.69. The van der Waals surface area contributed by atoms with E-state index in [1.54, 1.807) is 37.4 Å². The first-order valence-corrected chi connectivity index (χ1v) is 11.5. The number of H-pyrrole nitrogens is 1. The highest BCUT2D eigenvalue weighted by Gasteiger charge is 2.44. The summed E-state index contributed by atoms with van der Waals surface area (Å²) in [5.41, 5.74) is -0.510. The smallest absolute Gasteiger partial charge is 0.277 e. The summed E-state index contributed by atoms with van der Waals surface area (Å²) in [5.74, 6) is -1.32. The van der Waals surface area contributed by atoms with Gasteiger partial charge in [-0.3, -0.25) is 19.6 Å². The number of hydrogen-bond donors (Lipinski definition) is 1. The van der Waals surface area contributed by atoms with Crippen LogP contribution in [0.4, 0.5) is 14.7 Å². The van der Waals surface area contributed by atoms with Gasteiger partial charge in [0.25, 0.3) is 5.56 Å². The third kappa shape index (κ3) is 3.98. The van der Waals surface area contributed by atoms with E-state index < -0.39 is 23.0 Å². The van der Waals surface area contributed by atoms with Gasteiger partial charge in [0.15, 0.2) is 5.67 Å². The summed E-state index contributed by atoms with van der Waals surface area (Å²) >= 11 is 0. The number of benzene rings is 1. The lowest BCUT2D eigenvalue weighted by Crippen LogP contribution is -2.53. The van der Waals surface area contributed by atoms with Crippen molar-refractivity contribution in [1.82, 2.24) is 24.5 Å². The average Bonchev–Trinajstić information content (AvgIpc) is 3.28. The second kappa shape index (κ2) is 8.78. The lowest BCUT2D eigenvalue weighted by Gasteiger charge is -2.41. The number of hydrogen-bond acceptors (Lipinski definition) is 5. The van der Waals surface area contributed by atoms with Crippen LogP contribution in [0.2, 0.25) is 0 Å². The van der Waals surface area contributed by atoms with Gasteiger partial charge in [0.05, 0.1) is 6.54 Å². The van der Waals surface area contributed by atoms with Crippen molar-refractivity contribution >= 4 is 34.5 Å². The standard InChI is InChI=1S/C26H24F2N6O2/c1-15(2)26(28)14-33(16(3)35)9-6-19(26)13-30-25-31-24(36)23-20(7-10-34(23)32-25)18-11-17-5-4-8-29-22(17)21(27)12-18/h4-5,7-8,10-13,19H,1,6,9,14H2,2-3H3,(H,31,32,36). The molecule has 1 aliphatic heterocycles. The minimum Gasteiger partial charge on any atom is -0.339 e. The van der Waals surface area contributed by atoms with Crippen LogP contribution in [-0.2, 0) is 4.79 Å². The van der Waals surface area contributed by atoms with Crippen molar-refractivity contribution in [3.05, 3.63) is 71.0 Å². The highest BCUT2D eigenvalue weighted by Crippen LogP contribution is 2.36. The Morgan fingerprint density at radius 1 is 1.33 bits per heavy atom. The number of aliphatic imine (C=N–C) groups is 1. The van der Waals surface area contributed by atoms with Gasteiger partial charge in [-0.05, 0) is 48.7 Å². The fourth-order valence-electron chi connectivity index (χ4n) is 4.69. The van der Waals surface area contributed by atoms with Crippen molar-refractivity contribution in [2.24, 2.45) is 10.9 Å². The van der Waals surface area contributed by atoms with Gasteiger partial charge in [-0.25, -0.2) is 18.3 Å². The lowest BCUT2D eigenvalue weighted by molar-refractivity contribution is -0.132. The van der Waals surface area contributed by atoms with Crippen LogP contribution >= 0.6 is 0 Å². The van der Waals surface area contributed by atoms with Crippen LogP contribution in [0.5, 0.6) is 0 Å². The van der Waals surface area contributed by atoms with E-state index in [0.29, 0.717) is 35.1 Å². The van der Waals surface area contributed by atoms with E-state index in [1.165, 1.54) is 34.8 Å². The molecule has 0 spiro atoms. The fraction of sp³-hybridized carbons (Fsp3) is 0.269. The number of amides is 1. The molecular weight excluding hydrogens is 466 g/mol. The highest BCUT2D eigenvalue weighted by molar-refractivity contribution is 5.89. The Balaban J connectivity index is 1.49. The summed E-state index contributed by atoms with van der Waals surface area (Å²) in [5, 5.41) is 4.95. The zero-order valence-corrected chi connectivity index (χ0v) is 19.8. The van der Waals surface area contributed by atoms with Gasteiger partial charge in [0, 0.05) is 48.9 Å². The lowest BCUT2D eigenvalue weighted by atomic mass is 9.79. The molecule has 4 heterocycles. The maximum atomic E-state index is 15.8. The molecule has 8 nitrogen and oxygen atoms in total. The minimum absolute atomic E-state index is 0.00149. The first kappa shape index (κ1) is 23.5. The molecule has 0 saturated carbocycles. The van der Waals surface area contributed by atoms with E-state index in [1.807, 2.05) is 0 Å². The van der Waals surface area contributed by atoms with Crippen molar-refractivity contribution in [2.75, 3.05) is 13.1 Å². The van der Waals surface area contributed by atoms with Crippen molar-refractivity contribution in [3.63, 3.8) is 0 Å². The van der Waals surface area contributed by atoms with Crippen molar-refractivity contribution < 1.29 is 13.6 Å². The van der Waals surface area contributed by atoms with E-state index in [4.69, 9.17) is 0 Å². The molecule has 4 aromatic rings. The van der Waals surface area contributed by atoms with E-state index in [2.05, 4.69) is 26.6 Å². The summed E-state index contributed by atoms with van der Waals surface area (Å²) in [6, 6.07) is 8.23. The van der Waals surface area contributed by atoms with Gasteiger partial charge in [0.1, 0.15) is 16.9 Å². The maximum Gasteiger partial charge on any atom is 0.277 e. The van der Waals surface area contributed by atoms with Crippen LogP contribution < -0.4 is 5.56 Å². The second-order valence-electron chi connectivity index (χ2n) is 9.09. The molecule has 1 saturated heterocycles. The highest BCUT2D eigenvalue weighted by atomic mass is 19.1. The largest absolute Gasteiger partial charge is 0.339 e. The molecule has 1 fully saturated rings. The summed E-state index contributed by atoms with van der Waals surface area (Å²) in [7, 11) is 0. The molecule has 5 rings (SSSR count). The first-order chi connectivity index (χ1) is 17.2. The minimum atomic E-state index is -1.84. The van der Waals surface area contributed by atoms with Gasteiger partial charge >= 0.3 is 0 Å². The number of aromatic amines is 1. The second-order valence-corrected chi connectivity index (χ2v) is 9.09. The number of alkyl halides is 1. The number of carbonyl (C=O) groups is 1. The number of pyridine rings is 1. The van der Waals surface area contributed by atoms with Gasteiger partial charge in [-0.15, -0.1) is 5.10 Å². The zero-order valence-electron chi connectivity index (χ0n) is 19.8. The molecule has 0 aliphatic carbocycles. The van der Waals surface area contributed by atoms with Gasteiger partial charge < -0.3 is 4.90 Å². The SMILES string of the molecule is C=C(C)C1(F)CN(C(C)=O)CCC1C=Nc1nn2ccc(-c3cc(F)c4ncccc4c3)c2c(=O)[nH]1. The van der Waals surface area contributed by atoms with E-state index in [0.717, 1.165) is 0 Å². The topological polar surface area (TPSA) is 95.7 Å². The maximum absolute atomic E-state index is 15.8. The predicted octanol–water partition coefficient (Wildman–Crippen LogP) is 4.23. The number of halogens is 2. The zero-order chi connectivity index (χ0) is 25.6. The molecular formula is C26H24F2N6O2. The molecule has 0 radical (unpaired) electrons. The van der Waals surface area contributed by atoms with Crippen LogP contribution in [0, 0.1) is 11.7 Å². The monoisotopic (exact) mass is 490 g/mol. The predicted molar refractivity (Wildman–Crippen MR) is 134 cm³/mol. The Morgan fingerprint density at radius 3 is 2.89 bits per heavy atom. The van der Waals surface area contributed by atoms with E-state index in [9.17, 15) is 14.0 Å². The number of rotatable bonds is 4. The molecule has 3 aromatic heterocycles. The van der Waals surface area contributed by atoms with Gasteiger partial charge in [0.2, 0.25) is 11.9 Å². The first-order valence-electron chi connectivity index (χ1n) is 11.5. The molecule has 10 heteroatoms. The van der Waals surface area contributed by atoms with Crippen molar-refractivity contribution in [1.29, 1.82) is 0 Å². The number of carbonyl (C=O) groups excluding carboxylic acids is 1. The molecule has 184 valence electrons. The Bertz CT molecular complexity index is 1610. The van der Waals surface area contributed by atoms with Crippen LogP contribution in [0.25, 0.3) is 27.5 Å². The molecule has 0 bridgehead atoms. The van der Waals surface area contributed by atoms with Crippen molar-refractivity contribution in [3.8, 4) is 11.1 Å². The Kier molecular flexibility index (Phi) is 5.74. The number of aromatic nitrogens is 4. The average molecular weight is 491 g/mol. The number of fused-ring (bicyclic) bond motifs is 2. The van der Waals surface area contributed by atoms with Crippen LogP contribution in [0.3, 0.4) is 0 Å². The Morgan fingerprint density at radius 2 is 2.14 bits per heavy atom. The quantitative estimate of drug-likeness (QED) is 0.342.